The number of rotatable bonds is 2. The zero-order chi connectivity index (χ0) is 13.2. The van der Waals surface area contributed by atoms with Crippen molar-refractivity contribution in [2.75, 3.05) is 18.6 Å². The van der Waals surface area contributed by atoms with Crippen LogP contribution in [0.15, 0.2) is 24.3 Å². The molecule has 0 aromatic heterocycles. The van der Waals surface area contributed by atoms with Gasteiger partial charge in [0, 0.05) is 23.8 Å². The molecule has 18 heavy (non-hydrogen) atoms. The summed E-state index contributed by atoms with van der Waals surface area (Å²) in [4.78, 5) is 2.33. The van der Waals surface area contributed by atoms with Gasteiger partial charge in [0.05, 0.1) is 19.1 Å². The molecule has 1 aromatic rings. The summed E-state index contributed by atoms with van der Waals surface area (Å²) in [6.07, 6.45) is 2.03. The van der Waals surface area contributed by atoms with E-state index in [0.717, 1.165) is 30.8 Å². The Labute approximate surface area is 109 Å². The molecule has 0 aliphatic carbocycles. The SMILES string of the molecule is COc1cccc(N2CC(C#N)CCC2(C)C)c1. The van der Waals surface area contributed by atoms with Crippen molar-refractivity contribution < 1.29 is 4.74 Å². The predicted molar refractivity (Wildman–Crippen MR) is 72.8 cm³/mol. The topological polar surface area (TPSA) is 36.3 Å². The maximum absolute atomic E-state index is 9.13. The van der Waals surface area contributed by atoms with Gasteiger partial charge in [-0.2, -0.15) is 5.26 Å². The molecule has 1 heterocycles. The van der Waals surface area contributed by atoms with Gasteiger partial charge in [-0.3, -0.25) is 0 Å². The molecule has 1 fully saturated rings. The monoisotopic (exact) mass is 244 g/mol. The van der Waals surface area contributed by atoms with Gasteiger partial charge in [0.2, 0.25) is 0 Å². The van der Waals surface area contributed by atoms with Gasteiger partial charge >= 0.3 is 0 Å². The summed E-state index contributed by atoms with van der Waals surface area (Å²) >= 11 is 0. The van der Waals surface area contributed by atoms with Gasteiger partial charge in [-0.1, -0.05) is 6.07 Å². The molecule has 0 radical (unpaired) electrons. The van der Waals surface area contributed by atoms with E-state index in [1.165, 1.54) is 0 Å². The van der Waals surface area contributed by atoms with E-state index >= 15 is 0 Å². The minimum atomic E-state index is 0.0969. The molecule has 1 atom stereocenters. The zero-order valence-electron chi connectivity index (χ0n) is 11.3. The number of hydrogen-bond acceptors (Lipinski definition) is 3. The summed E-state index contributed by atoms with van der Waals surface area (Å²) in [6, 6.07) is 10.5. The van der Waals surface area contributed by atoms with Gasteiger partial charge in [-0.15, -0.1) is 0 Å². The smallest absolute Gasteiger partial charge is 0.120 e. The largest absolute Gasteiger partial charge is 0.497 e. The number of nitriles is 1. The maximum Gasteiger partial charge on any atom is 0.120 e. The first-order valence-electron chi connectivity index (χ1n) is 6.38. The molecule has 96 valence electrons. The molecular formula is C15H20N2O. The molecule has 1 unspecified atom stereocenters. The minimum absolute atomic E-state index is 0.0969. The number of hydrogen-bond donors (Lipinski definition) is 0. The van der Waals surface area contributed by atoms with Crippen LogP contribution in [0.5, 0.6) is 5.75 Å². The Balaban J connectivity index is 2.30. The summed E-state index contributed by atoms with van der Waals surface area (Å²) in [6.45, 7) is 5.27. The third-order valence-electron chi connectivity index (χ3n) is 3.79. The normalized spacial score (nSPS) is 22.3. The molecule has 0 saturated carbocycles. The van der Waals surface area contributed by atoms with E-state index in [-0.39, 0.29) is 11.5 Å². The molecule has 0 amide bonds. The molecule has 1 aliphatic rings. The Bertz CT molecular complexity index is 462. The second-order valence-corrected chi connectivity index (χ2v) is 5.49. The molecule has 1 aromatic carbocycles. The van der Waals surface area contributed by atoms with E-state index in [2.05, 4.69) is 30.9 Å². The first-order valence-corrected chi connectivity index (χ1v) is 6.38. The fraction of sp³-hybridized carbons (Fsp3) is 0.533. The van der Waals surface area contributed by atoms with Crippen molar-refractivity contribution in [2.45, 2.75) is 32.2 Å². The van der Waals surface area contributed by atoms with Gasteiger partial charge in [0.15, 0.2) is 0 Å². The molecule has 0 N–H and O–H groups in total. The van der Waals surface area contributed by atoms with Crippen LogP contribution in [0.1, 0.15) is 26.7 Å². The summed E-state index contributed by atoms with van der Waals surface area (Å²) in [5.74, 6) is 0.992. The van der Waals surface area contributed by atoms with E-state index in [9.17, 15) is 0 Å². The van der Waals surface area contributed by atoms with E-state index in [0.29, 0.717) is 0 Å². The second kappa shape index (κ2) is 4.89. The van der Waals surface area contributed by atoms with Gasteiger partial charge in [0.25, 0.3) is 0 Å². The Kier molecular flexibility index (Phi) is 3.47. The number of benzene rings is 1. The number of piperidine rings is 1. The van der Waals surface area contributed by atoms with E-state index < -0.39 is 0 Å². The Morgan fingerprint density at radius 2 is 2.22 bits per heavy atom. The first kappa shape index (κ1) is 12.8. The fourth-order valence-corrected chi connectivity index (χ4v) is 2.56. The van der Waals surface area contributed by atoms with Crippen LogP contribution in [-0.4, -0.2) is 19.2 Å². The van der Waals surface area contributed by atoms with Crippen molar-refractivity contribution in [1.82, 2.24) is 0 Å². The molecular weight excluding hydrogens is 224 g/mol. The lowest BCUT2D eigenvalue weighted by molar-refractivity contribution is 0.325. The summed E-state index contributed by atoms with van der Waals surface area (Å²) in [7, 11) is 1.68. The standard InChI is InChI=1S/C15H20N2O/c1-15(2)8-7-12(10-16)11-17(15)13-5-4-6-14(9-13)18-3/h4-6,9,12H,7-8,11H2,1-3H3. The highest BCUT2D eigenvalue weighted by molar-refractivity contribution is 5.53. The van der Waals surface area contributed by atoms with Gasteiger partial charge < -0.3 is 9.64 Å². The van der Waals surface area contributed by atoms with Crippen molar-refractivity contribution in [3.8, 4) is 11.8 Å². The molecule has 1 saturated heterocycles. The van der Waals surface area contributed by atoms with Crippen LogP contribution in [0, 0.1) is 17.2 Å². The van der Waals surface area contributed by atoms with Crippen molar-refractivity contribution in [3.05, 3.63) is 24.3 Å². The van der Waals surface area contributed by atoms with Gasteiger partial charge in [-0.25, -0.2) is 0 Å². The van der Waals surface area contributed by atoms with Crippen LogP contribution in [0.25, 0.3) is 0 Å². The number of methoxy groups -OCH3 is 1. The molecule has 3 heteroatoms. The summed E-state index contributed by atoms with van der Waals surface area (Å²) < 4.78 is 5.28. The van der Waals surface area contributed by atoms with Gasteiger partial charge in [0.1, 0.15) is 5.75 Å². The highest BCUT2D eigenvalue weighted by Crippen LogP contribution is 2.35. The minimum Gasteiger partial charge on any atom is -0.497 e. The predicted octanol–water partition coefficient (Wildman–Crippen LogP) is 3.21. The van der Waals surface area contributed by atoms with Crippen molar-refractivity contribution in [3.63, 3.8) is 0 Å². The quantitative estimate of drug-likeness (QED) is 0.801. The molecule has 2 rings (SSSR count). The first-order chi connectivity index (χ1) is 8.56. The third-order valence-corrected chi connectivity index (χ3v) is 3.79. The van der Waals surface area contributed by atoms with Gasteiger partial charge in [-0.05, 0) is 38.8 Å². The lowest BCUT2D eigenvalue weighted by atomic mass is 9.85. The molecule has 3 nitrogen and oxygen atoms in total. The zero-order valence-corrected chi connectivity index (χ0v) is 11.3. The average molecular weight is 244 g/mol. The van der Waals surface area contributed by atoms with Crippen LogP contribution in [0.3, 0.4) is 0 Å². The Morgan fingerprint density at radius 1 is 1.44 bits per heavy atom. The number of anilines is 1. The number of ether oxygens (including phenoxy) is 1. The molecule has 0 spiro atoms. The van der Waals surface area contributed by atoms with Crippen LogP contribution in [-0.2, 0) is 0 Å². The summed E-state index contributed by atoms with van der Waals surface area (Å²) in [5, 5.41) is 9.13. The summed E-state index contributed by atoms with van der Waals surface area (Å²) in [5.41, 5.74) is 1.24. The third kappa shape index (κ3) is 2.43. The van der Waals surface area contributed by atoms with Crippen LogP contribution in [0.2, 0.25) is 0 Å². The molecule has 0 bridgehead atoms. The van der Waals surface area contributed by atoms with E-state index in [4.69, 9.17) is 10.00 Å². The van der Waals surface area contributed by atoms with Crippen LogP contribution in [0.4, 0.5) is 5.69 Å². The van der Waals surface area contributed by atoms with Crippen molar-refractivity contribution in [1.29, 1.82) is 5.26 Å². The Morgan fingerprint density at radius 3 is 2.89 bits per heavy atom. The Hall–Kier alpha value is -1.69. The lowest BCUT2D eigenvalue weighted by Crippen LogP contribution is -2.50. The highest BCUT2D eigenvalue weighted by atomic mass is 16.5. The van der Waals surface area contributed by atoms with Crippen molar-refractivity contribution >= 4 is 5.69 Å². The van der Waals surface area contributed by atoms with E-state index in [1.807, 2.05) is 18.2 Å². The number of nitrogens with zero attached hydrogens (tertiary/aromatic N) is 2. The fourth-order valence-electron chi connectivity index (χ4n) is 2.56. The van der Waals surface area contributed by atoms with Crippen LogP contribution >= 0.6 is 0 Å². The lowest BCUT2D eigenvalue weighted by Gasteiger charge is -2.45. The highest BCUT2D eigenvalue weighted by Gasteiger charge is 2.34. The second-order valence-electron chi connectivity index (χ2n) is 5.49. The molecule has 1 aliphatic heterocycles. The van der Waals surface area contributed by atoms with E-state index in [1.54, 1.807) is 7.11 Å². The van der Waals surface area contributed by atoms with Crippen molar-refractivity contribution in [2.24, 2.45) is 5.92 Å². The van der Waals surface area contributed by atoms with Crippen LogP contribution < -0.4 is 9.64 Å². The average Bonchev–Trinajstić information content (AvgIpc) is 2.38. The maximum atomic E-state index is 9.13.